The molecule has 0 spiro atoms. The number of hydrogen-bond acceptors (Lipinski definition) is 4. The van der Waals surface area contributed by atoms with Crippen molar-refractivity contribution in [2.24, 2.45) is 5.92 Å². The van der Waals surface area contributed by atoms with Gasteiger partial charge in [0.2, 0.25) is 5.91 Å². The Morgan fingerprint density at radius 1 is 1.25 bits per heavy atom. The van der Waals surface area contributed by atoms with Crippen molar-refractivity contribution in [2.75, 3.05) is 26.2 Å². The second kappa shape index (κ2) is 9.49. The maximum Gasteiger partial charge on any atom is 0.315 e. The highest BCUT2D eigenvalue weighted by molar-refractivity contribution is 5.81. The minimum Gasteiger partial charge on any atom is -0.466 e. The molecule has 0 aromatic heterocycles. The summed E-state index contributed by atoms with van der Waals surface area (Å²) in [5, 5.41) is 5.45. The van der Waals surface area contributed by atoms with Gasteiger partial charge in [0, 0.05) is 26.1 Å². The summed E-state index contributed by atoms with van der Waals surface area (Å²) < 4.78 is 4.80. The minimum absolute atomic E-state index is 0.123. The van der Waals surface area contributed by atoms with E-state index in [1.807, 2.05) is 4.90 Å². The number of rotatable bonds is 7. The minimum atomic E-state index is -0.336. The third-order valence-corrected chi connectivity index (χ3v) is 4.67. The Labute approximate surface area is 143 Å². The lowest BCUT2D eigenvalue weighted by Crippen LogP contribution is -2.44. The van der Waals surface area contributed by atoms with Gasteiger partial charge in [-0.15, -0.1) is 0 Å². The molecule has 0 aromatic carbocycles. The van der Waals surface area contributed by atoms with Crippen LogP contribution in [-0.4, -0.2) is 55.1 Å². The Hall–Kier alpha value is -1.79. The molecule has 0 unspecified atom stereocenters. The second-order valence-electron chi connectivity index (χ2n) is 6.66. The zero-order chi connectivity index (χ0) is 17.4. The van der Waals surface area contributed by atoms with Gasteiger partial charge in [0.15, 0.2) is 0 Å². The van der Waals surface area contributed by atoms with Gasteiger partial charge in [0.25, 0.3) is 0 Å². The molecule has 0 aromatic rings. The number of urea groups is 1. The van der Waals surface area contributed by atoms with E-state index in [4.69, 9.17) is 4.74 Å². The van der Waals surface area contributed by atoms with Crippen molar-refractivity contribution in [3.05, 3.63) is 0 Å². The Kier molecular flexibility index (Phi) is 7.34. The van der Waals surface area contributed by atoms with Crippen molar-refractivity contribution in [1.82, 2.24) is 15.5 Å². The fraction of sp³-hybridized carbons (Fsp3) is 0.824. The van der Waals surface area contributed by atoms with E-state index >= 15 is 0 Å². The van der Waals surface area contributed by atoms with Crippen LogP contribution in [0.5, 0.6) is 0 Å². The molecule has 1 aliphatic heterocycles. The molecule has 3 amide bonds. The summed E-state index contributed by atoms with van der Waals surface area (Å²) >= 11 is 0. The first-order valence-electron chi connectivity index (χ1n) is 9.06. The summed E-state index contributed by atoms with van der Waals surface area (Å²) in [7, 11) is 0. The van der Waals surface area contributed by atoms with Crippen LogP contribution in [0.3, 0.4) is 0 Å². The zero-order valence-corrected chi connectivity index (χ0v) is 14.5. The lowest BCUT2D eigenvalue weighted by atomic mass is 9.89. The van der Waals surface area contributed by atoms with Crippen molar-refractivity contribution in [3.63, 3.8) is 0 Å². The number of nitrogens with zero attached hydrogens (tertiary/aromatic N) is 1. The number of amides is 3. The highest BCUT2D eigenvalue weighted by atomic mass is 16.5. The average molecular weight is 339 g/mol. The van der Waals surface area contributed by atoms with E-state index in [0.29, 0.717) is 25.5 Å². The van der Waals surface area contributed by atoms with Crippen LogP contribution in [0.1, 0.15) is 51.9 Å². The molecule has 2 aliphatic rings. The molecule has 1 heterocycles. The molecule has 1 saturated heterocycles. The summed E-state index contributed by atoms with van der Waals surface area (Å²) in [4.78, 5) is 37.0. The van der Waals surface area contributed by atoms with Crippen LogP contribution in [-0.2, 0) is 14.3 Å². The second-order valence-corrected chi connectivity index (χ2v) is 6.66. The van der Waals surface area contributed by atoms with E-state index in [0.717, 1.165) is 6.54 Å². The van der Waals surface area contributed by atoms with Crippen molar-refractivity contribution < 1.29 is 19.1 Å². The Morgan fingerprint density at radius 3 is 2.71 bits per heavy atom. The summed E-state index contributed by atoms with van der Waals surface area (Å²) in [5.41, 5.74) is 0. The van der Waals surface area contributed by atoms with Crippen LogP contribution in [0.4, 0.5) is 4.79 Å². The number of carbonyl (C=O) groups excluding carboxylic acids is 3. The number of nitrogens with one attached hydrogen (secondary N) is 2. The van der Waals surface area contributed by atoms with Crippen LogP contribution in [0.25, 0.3) is 0 Å². The van der Waals surface area contributed by atoms with Gasteiger partial charge in [0.1, 0.15) is 0 Å². The standard InChI is InChI=1S/C17H29N3O4/c1-2-24-16(22)8-9-18-17(23)19-14-10-15(21)20(12-14)11-13-6-4-3-5-7-13/h13-14H,2-12H2,1H3,(H2,18,19,23)/t14-/m1/s1. The molecule has 2 N–H and O–H groups in total. The molecule has 136 valence electrons. The van der Waals surface area contributed by atoms with E-state index in [1.165, 1.54) is 32.1 Å². The van der Waals surface area contributed by atoms with Gasteiger partial charge in [-0.25, -0.2) is 4.79 Å². The largest absolute Gasteiger partial charge is 0.466 e. The molecule has 2 rings (SSSR count). The van der Waals surface area contributed by atoms with Gasteiger partial charge in [-0.3, -0.25) is 9.59 Å². The normalized spacial score (nSPS) is 21.6. The smallest absolute Gasteiger partial charge is 0.315 e. The SMILES string of the molecule is CCOC(=O)CCNC(=O)N[C@@H]1CC(=O)N(CC2CCCCC2)C1. The molecule has 1 saturated carbocycles. The summed E-state index contributed by atoms with van der Waals surface area (Å²) in [5.74, 6) is 0.407. The van der Waals surface area contributed by atoms with E-state index in [2.05, 4.69) is 10.6 Å². The Morgan fingerprint density at radius 2 is 2.00 bits per heavy atom. The van der Waals surface area contributed by atoms with Crippen LogP contribution >= 0.6 is 0 Å². The summed E-state index contributed by atoms with van der Waals surface area (Å²) in [6.07, 6.45) is 6.75. The lowest BCUT2D eigenvalue weighted by Gasteiger charge is -2.27. The third-order valence-electron chi connectivity index (χ3n) is 4.67. The van der Waals surface area contributed by atoms with Gasteiger partial charge in [-0.2, -0.15) is 0 Å². The van der Waals surface area contributed by atoms with Gasteiger partial charge >= 0.3 is 12.0 Å². The van der Waals surface area contributed by atoms with Crippen molar-refractivity contribution in [1.29, 1.82) is 0 Å². The first-order chi connectivity index (χ1) is 11.6. The molecule has 1 aliphatic carbocycles. The highest BCUT2D eigenvalue weighted by Crippen LogP contribution is 2.26. The zero-order valence-electron chi connectivity index (χ0n) is 14.5. The molecule has 0 bridgehead atoms. The predicted molar refractivity (Wildman–Crippen MR) is 89.3 cm³/mol. The number of ether oxygens (including phenoxy) is 1. The van der Waals surface area contributed by atoms with Crippen LogP contribution < -0.4 is 10.6 Å². The number of carbonyl (C=O) groups is 3. The van der Waals surface area contributed by atoms with Crippen molar-refractivity contribution in [3.8, 4) is 0 Å². The molecular weight excluding hydrogens is 310 g/mol. The molecule has 1 atom stereocenters. The Balaban J connectivity index is 1.65. The van der Waals surface area contributed by atoms with E-state index < -0.39 is 0 Å². The van der Waals surface area contributed by atoms with E-state index in [-0.39, 0.29) is 36.9 Å². The first-order valence-corrected chi connectivity index (χ1v) is 9.06. The molecule has 7 heteroatoms. The van der Waals surface area contributed by atoms with Gasteiger partial charge in [-0.1, -0.05) is 19.3 Å². The maximum atomic E-state index is 12.1. The van der Waals surface area contributed by atoms with Crippen LogP contribution in [0.15, 0.2) is 0 Å². The molecule has 2 fully saturated rings. The number of hydrogen-bond donors (Lipinski definition) is 2. The van der Waals surface area contributed by atoms with E-state index in [1.54, 1.807) is 6.92 Å². The predicted octanol–water partition coefficient (Wildman–Crippen LogP) is 1.42. The highest BCUT2D eigenvalue weighted by Gasteiger charge is 2.32. The molecule has 0 radical (unpaired) electrons. The van der Waals surface area contributed by atoms with Gasteiger partial charge in [0.05, 0.1) is 19.1 Å². The third kappa shape index (κ3) is 6.02. The Bertz CT molecular complexity index is 449. The molecular formula is C17H29N3O4. The van der Waals surface area contributed by atoms with E-state index in [9.17, 15) is 14.4 Å². The van der Waals surface area contributed by atoms with Crippen molar-refractivity contribution >= 4 is 17.9 Å². The maximum absolute atomic E-state index is 12.1. The summed E-state index contributed by atoms with van der Waals surface area (Å²) in [6, 6.07) is -0.486. The number of esters is 1. The lowest BCUT2D eigenvalue weighted by molar-refractivity contribution is -0.142. The fourth-order valence-corrected chi connectivity index (χ4v) is 3.47. The van der Waals surface area contributed by atoms with Gasteiger partial charge in [-0.05, 0) is 25.7 Å². The van der Waals surface area contributed by atoms with Crippen LogP contribution in [0, 0.1) is 5.92 Å². The summed E-state index contributed by atoms with van der Waals surface area (Å²) in [6.45, 7) is 3.72. The molecule has 7 nitrogen and oxygen atoms in total. The average Bonchev–Trinajstić information content (AvgIpc) is 2.88. The fourth-order valence-electron chi connectivity index (χ4n) is 3.47. The molecule has 24 heavy (non-hydrogen) atoms. The monoisotopic (exact) mass is 339 g/mol. The van der Waals surface area contributed by atoms with Crippen LogP contribution in [0.2, 0.25) is 0 Å². The van der Waals surface area contributed by atoms with Gasteiger partial charge < -0.3 is 20.3 Å². The first kappa shape index (κ1) is 18.5. The quantitative estimate of drug-likeness (QED) is 0.687. The van der Waals surface area contributed by atoms with Crippen molar-refractivity contribution in [2.45, 2.75) is 57.9 Å². The number of likely N-dealkylation sites (tertiary alicyclic amines) is 1. The topological polar surface area (TPSA) is 87.7 Å².